The fourth-order valence-corrected chi connectivity index (χ4v) is 2.22. The van der Waals surface area contributed by atoms with E-state index in [1.807, 2.05) is 19.9 Å². The van der Waals surface area contributed by atoms with Gasteiger partial charge >= 0.3 is 0 Å². The molecule has 0 aromatic heterocycles. The Bertz CT molecular complexity index is 535. The second-order valence-corrected chi connectivity index (χ2v) is 6.13. The van der Waals surface area contributed by atoms with Crippen LogP contribution in [0.4, 0.5) is 0 Å². The molecule has 0 amide bonds. The number of benzene rings is 1. The normalized spacial score (nSPS) is 12.3. The molecular formula is C22H34O6. The van der Waals surface area contributed by atoms with Crippen molar-refractivity contribution in [3.63, 3.8) is 0 Å². The summed E-state index contributed by atoms with van der Waals surface area (Å²) in [6.07, 6.45) is 3.54. The lowest BCUT2D eigenvalue weighted by Gasteiger charge is -2.08. The molecule has 0 unspecified atom stereocenters. The molecule has 1 rings (SSSR count). The molecule has 6 heteroatoms. The summed E-state index contributed by atoms with van der Waals surface area (Å²) in [7, 11) is 3.31. The van der Waals surface area contributed by atoms with Crippen LogP contribution in [0.3, 0.4) is 0 Å². The summed E-state index contributed by atoms with van der Waals surface area (Å²) in [5, 5.41) is 0. The third-order valence-electron chi connectivity index (χ3n) is 3.85. The molecule has 0 heterocycles. The van der Waals surface area contributed by atoms with Crippen molar-refractivity contribution in [1.82, 2.24) is 0 Å². The van der Waals surface area contributed by atoms with Gasteiger partial charge in [0.2, 0.25) is 0 Å². The zero-order valence-corrected chi connectivity index (χ0v) is 17.6. The largest absolute Gasteiger partial charge is 0.498 e. The van der Waals surface area contributed by atoms with Gasteiger partial charge in [-0.2, -0.15) is 0 Å². The van der Waals surface area contributed by atoms with Crippen LogP contribution in [0.2, 0.25) is 0 Å². The van der Waals surface area contributed by atoms with E-state index in [1.165, 1.54) is 0 Å². The molecule has 0 spiro atoms. The van der Waals surface area contributed by atoms with E-state index in [4.69, 9.17) is 28.4 Å². The SMILES string of the molecule is COCCOCCOC=C(C)c1cccc(C(C)=COCCOCCOC)c1. The number of allylic oxidation sites excluding steroid dienone is 2. The van der Waals surface area contributed by atoms with Gasteiger partial charge in [0, 0.05) is 14.2 Å². The quantitative estimate of drug-likeness (QED) is 0.314. The van der Waals surface area contributed by atoms with Crippen molar-refractivity contribution in [2.24, 2.45) is 0 Å². The van der Waals surface area contributed by atoms with Crippen molar-refractivity contribution < 1.29 is 28.4 Å². The molecule has 0 radical (unpaired) electrons. The molecule has 158 valence electrons. The van der Waals surface area contributed by atoms with E-state index in [9.17, 15) is 0 Å². The van der Waals surface area contributed by atoms with Gasteiger partial charge < -0.3 is 28.4 Å². The van der Waals surface area contributed by atoms with Crippen LogP contribution in [-0.4, -0.2) is 67.1 Å². The molecular weight excluding hydrogens is 360 g/mol. The van der Waals surface area contributed by atoms with E-state index in [0.717, 1.165) is 22.3 Å². The summed E-state index contributed by atoms with van der Waals surface area (Å²) in [4.78, 5) is 0. The molecule has 0 saturated heterocycles. The van der Waals surface area contributed by atoms with E-state index < -0.39 is 0 Å². The van der Waals surface area contributed by atoms with Crippen molar-refractivity contribution in [2.75, 3.05) is 67.1 Å². The van der Waals surface area contributed by atoms with Crippen LogP contribution in [0.5, 0.6) is 0 Å². The first-order valence-corrected chi connectivity index (χ1v) is 9.50. The predicted octanol–water partition coefficient (Wildman–Crippen LogP) is 3.77. The molecule has 0 aliphatic carbocycles. The third-order valence-corrected chi connectivity index (χ3v) is 3.85. The Morgan fingerprint density at radius 1 is 0.679 bits per heavy atom. The summed E-state index contributed by atoms with van der Waals surface area (Å²) in [6.45, 7) is 8.52. The molecule has 0 saturated carbocycles. The number of rotatable bonds is 16. The van der Waals surface area contributed by atoms with Crippen LogP contribution in [0.1, 0.15) is 25.0 Å². The Labute approximate surface area is 169 Å². The van der Waals surface area contributed by atoms with Gasteiger partial charge in [0.25, 0.3) is 0 Å². The highest BCUT2D eigenvalue weighted by Crippen LogP contribution is 2.20. The lowest BCUT2D eigenvalue weighted by molar-refractivity contribution is 0.0465. The molecule has 6 nitrogen and oxygen atoms in total. The fraction of sp³-hybridized carbons (Fsp3) is 0.545. The third kappa shape index (κ3) is 11.1. The van der Waals surface area contributed by atoms with Gasteiger partial charge in [0.15, 0.2) is 0 Å². The minimum atomic E-state index is 0.514. The van der Waals surface area contributed by atoms with Crippen LogP contribution in [0.15, 0.2) is 36.8 Å². The molecule has 0 atom stereocenters. The second kappa shape index (κ2) is 16.1. The minimum absolute atomic E-state index is 0.514. The van der Waals surface area contributed by atoms with Crippen LogP contribution in [-0.2, 0) is 28.4 Å². The predicted molar refractivity (Wildman–Crippen MR) is 111 cm³/mol. The van der Waals surface area contributed by atoms with Gasteiger partial charge in [-0.15, -0.1) is 0 Å². The molecule has 0 aliphatic rings. The summed E-state index contributed by atoms with van der Waals surface area (Å²) < 4.78 is 31.7. The Hall–Kier alpha value is -1.86. The van der Waals surface area contributed by atoms with E-state index in [2.05, 4.69) is 18.2 Å². The maximum atomic E-state index is 5.56. The van der Waals surface area contributed by atoms with E-state index >= 15 is 0 Å². The van der Waals surface area contributed by atoms with Crippen LogP contribution in [0.25, 0.3) is 11.1 Å². The van der Waals surface area contributed by atoms with Crippen LogP contribution < -0.4 is 0 Å². The average Bonchev–Trinajstić information content (AvgIpc) is 2.72. The second-order valence-electron chi connectivity index (χ2n) is 6.13. The molecule has 0 bridgehead atoms. The first-order chi connectivity index (χ1) is 13.7. The van der Waals surface area contributed by atoms with Gasteiger partial charge in [0.1, 0.15) is 13.2 Å². The van der Waals surface area contributed by atoms with Gasteiger partial charge in [0.05, 0.1) is 52.2 Å². The van der Waals surface area contributed by atoms with Gasteiger partial charge in [-0.1, -0.05) is 18.2 Å². The Balaban J connectivity index is 2.42. The van der Waals surface area contributed by atoms with Gasteiger partial charge in [-0.25, -0.2) is 0 Å². The average molecular weight is 395 g/mol. The van der Waals surface area contributed by atoms with Crippen molar-refractivity contribution in [3.8, 4) is 0 Å². The van der Waals surface area contributed by atoms with Gasteiger partial charge in [-0.05, 0) is 42.2 Å². The van der Waals surface area contributed by atoms with Crippen molar-refractivity contribution >= 4 is 11.1 Å². The topological polar surface area (TPSA) is 55.4 Å². The highest BCUT2D eigenvalue weighted by atomic mass is 16.5. The van der Waals surface area contributed by atoms with Crippen LogP contribution in [0, 0.1) is 0 Å². The molecule has 1 aromatic rings. The van der Waals surface area contributed by atoms with E-state index in [0.29, 0.717) is 52.9 Å². The number of hydrogen-bond donors (Lipinski definition) is 0. The molecule has 0 aliphatic heterocycles. The Morgan fingerprint density at radius 3 is 1.54 bits per heavy atom. The highest BCUT2D eigenvalue weighted by molar-refractivity contribution is 5.70. The molecule has 28 heavy (non-hydrogen) atoms. The summed E-state index contributed by atoms with van der Waals surface area (Å²) >= 11 is 0. The molecule has 0 N–H and O–H groups in total. The summed E-state index contributed by atoms with van der Waals surface area (Å²) in [6, 6.07) is 8.27. The minimum Gasteiger partial charge on any atom is -0.498 e. The fourth-order valence-electron chi connectivity index (χ4n) is 2.22. The lowest BCUT2D eigenvalue weighted by atomic mass is 10.0. The first-order valence-electron chi connectivity index (χ1n) is 9.50. The maximum absolute atomic E-state index is 5.56. The van der Waals surface area contributed by atoms with Crippen LogP contribution >= 0.6 is 0 Å². The maximum Gasteiger partial charge on any atom is 0.111 e. The van der Waals surface area contributed by atoms with E-state index in [-0.39, 0.29) is 0 Å². The smallest absolute Gasteiger partial charge is 0.111 e. The van der Waals surface area contributed by atoms with Crippen molar-refractivity contribution in [2.45, 2.75) is 13.8 Å². The summed E-state index contributed by atoms with van der Waals surface area (Å²) in [5.74, 6) is 0. The summed E-state index contributed by atoms with van der Waals surface area (Å²) in [5.41, 5.74) is 4.32. The molecule has 1 aromatic carbocycles. The monoisotopic (exact) mass is 394 g/mol. The zero-order chi connectivity index (χ0) is 20.5. The molecule has 0 fully saturated rings. The van der Waals surface area contributed by atoms with E-state index in [1.54, 1.807) is 26.7 Å². The standard InChI is InChI=1S/C22H34O6/c1-19(17-27-14-12-25-10-8-23-3)21-6-5-7-22(16-21)20(2)18-28-15-13-26-11-9-24-4/h5-7,16-18H,8-15H2,1-4H3. The zero-order valence-electron chi connectivity index (χ0n) is 17.6. The van der Waals surface area contributed by atoms with Gasteiger partial charge in [-0.3, -0.25) is 0 Å². The lowest BCUT2D eigenvalue weighted by Crippen LogP contribution is -2.06. The Morgan fingerprint density at radius 2 is 1.11 bits per heavy atom. The number of hydrogen-bond acceptors (Lipinski definition) is 6. The van der Waals surface area contributed by atoms with Crippen molar-refractivity contribution in [3.05, 3.63) is 47.9 Å². The number of ether oxygens (including phenoxy) is 6. The number of methoxy groups -OCH3 is 2. The first kappa shape index (κ1) is 24.2. The van der Waals surface area contributed by atoms with Crippen molar-refractivity contribution in [1.29, 1.82) is 0 Å². The highest BCUT2D eigenvalue weighted by Gasteiger charge is 2.01. The Kier molecular flexibility index (Phi) is 13.9.